The average molecular weight is 226 g/mol. The maximum absolute atomic E-state index is 8.67. The number of nitrogens with two attached hydrogens (primary N) is 2. The van der Waals surface area contributed by atoms with Crippen LogP contribution in [-0.2, 0) is 20.4 Å². The summed E-state index contributed by atoms with van der Waals surface area (Å²) in [5.41, 5.74) is 7.83. The summed E-state index contributed by atoms with van der Waals surface area (Å²) in [6.07, 6.45) is -3.17. The Bertz CT molecular complexity index is 74.6. The second kappa shape index (κ2) is 10.2. The molecule has 0 radical (unpaired) electrons. The van der Waals surface area contributed by atoms with Gasteiger partial charge in [-0.3, -0.25) is 0 Å². The minimum absolute atomic E-state index is 0. The summed E-state index contributed by atoms with van der Waals surface area (Å²) in [6.45, 7) is 0. The van der Waals surface area contributed by atoms with Gasteiger partial charge in [0, 0.05) is 0 Å². The van der Waals surface area contributed by atoms with Crippen molar-refractivity contribution in [2.45, 2.75) is 0 Å². The number of hydrogen-bond acceptors (Lipinski definition) is 4. The van der Waals surface area contributed by atoms with Gasteiger partial charge < -0.3 is 31.3 Å². The van der Waals surface area contributed by atoms with Gasteiger partial charge in [-0.25, -0.2) is 0 Å². The zero-order valence-corrected chi connectivity index (χ0v) is 5.66. The van der Waals surface area contributed by atoms with Crippen molar-refractivity contribution < 1.29 is 40.2 Å². The van der Waals surface area contributed by atoms with Gasteiger partial charge in [0.15, 0.2) is 0 Å². The van der Waals surface area contributed by atoms with Gasteiger partial charge in [0.05, 0.1) is 0 Å². The van der Waals surface area contributed by atoms with E-state index >= 15 is 0 Å². The Morgan fingerprint density at radius 1 is 1.00 bits per heavy atom. The molecule has 6 nitrogen and oxygen atoms in total. The molecule has 0 heterocycles. The first kappa shape index (κ1) is 15.7. The van der Waals surface area contributed by atoms with Crippen LogP contribution < -0.4 is 21.7 Å². The second-order valence-corrected chi connectivity index (χ2v) is 0.638. The zero-order chi connectivity index (χ0) is 7.15. The molecule has 0 aromatic heterocycles. The van der Waals surface area contributed by atoms with E-state index in [1.165, 1.54) is 0 Å². The maximum atomic E-state index is 8.67. The summed E-state index contributed by atoms with van der Waals surface area (Å²) >= 11 is 0. The van der Waals surface area contributed by atoms with Gasteiger partial charge in [-0.05, 0) is 0 Å². The summed E-state index contributed by atoms with van der Waals surface area (Å²) in [6, 6.07) is 0. The fourth-order valence-electron chi connectivity index (χ4n) is 0. The molecule has 9 heavy (non-hydrogen) atoms. The smallest absolute Gasteiger partial charge is 0.530 e. The number of hydrogen-bond donors (Lipinski definition) is 2. The molecule has 0 aliphatic carbocycles. The predicted molar refractivity (Wildman–Crippen MR) is 19.2 cm³/mol. The molecule has 0 fully saturated rings. The van der Waals surface area contributed by atoms with Gasteiger partial charge >= 0.3 is 20.4 Å². The second-order valence-electron chi connectivity index (χ2n) is 0.638. The number of rotatable bonds is 0. The molecule has 0 aromatic rings. The number of primary amides is 2. The van der Waals surface area contributed by atoms with Gasteiger partial charge in [-0.1, -0.05) is 0 Å². The van der Waals surface area contributed by atoms with Crippen LogP contribution in [0.1, 0.15) is 0 Å². The van der Waals surface area contributed by atoms with E-state index in [9.17, 15) is 0 Å². The number of carboxylic acid groups (broad SMARTS) is 2. The monoisotopic (exact) mass is 226 g/mol. The normalized spacial score (nSPS) is 5.33. The number of carbonyl (C=O) groups is 2. The Morgan fingerprint density at radius 3 is 1.00 bits per heavy atom. The molecule has 0 atom stereocenters. The van der Waals surface area contributed by atoms with Crippen LogP contribution in [-0.4, -0.2) is 12.2 Å². The molecule has 0 aliphatic rings. The van der Waals surface area contributed by atoms with Crippen LogP contribution in [0.4, 0.5) is 9.59 Å². The molecule has 7 heteroatoms. The Labute approximate surface area is 64.5 Å². The van der Waals surface area contributed by atoms with Gasteiger partial charge in [-0.2, -0.15) is 0 Å². The summed E-state index contributed by atoms with van der Waals surface area (Å²) < 4.78 is 0. The van der Waals surface area contributed by atoms with Crippen molar-refractivity contribution in [2.24, 2.45) is 11.5 Å². The van der Waals surface area contributed by atoms with Crippen molar-refractivity contribution in [1.29, 1.82) is 0 Å². The third kappa shape index (κ3) is 306. The van der Waals surface area contributed by atoms with E-state index in [1.54, 1.807) is 0 Å². The fraction of sp³-hybridized carbons (Fsp3) is 0. The van der Waals surface area contributed by atoms with E-state index < -0.39 is 12.2 Å². The average Bonchev–Trinajstić information content (AvgIpc) is 1.25. The van der Waals surface area contributed by atoms with Gasteiger partial charge in [0.2, 0.25) is 0 Å². The molecule has 56 valence electrons. The van der Waals surface area contributed by atoms with Crippen molar-refractivity contribution in [3.8, 4) is 0 Å². The Balaban J connectivity index is -0.0000000720. The third-order valence-corrected chi connectivity index (χ3v) is 0. The van der Waals surface area contributed by atoms with Crippen LogP contribution in [0.2, 0.25) is 0 Å². The molecule has 2 amide bonds. The molecule has 0 saturated heterocycles. The molecule has 0 unspecified atom stereocenters. The molecule has 4 N–H and O–H groups in total. The fourth-order valence-corrected chi connectivity index (χ4v) is 0. The molecule has 0 rings (SSSR count). The number of carbonyl (C=O) groups excluding carboxylic acids is 2. The first-order valence-electron chi connectivity index (χ1n) is 1.39. The molecular weight excluding hydrogens is 222 g/mol. The van der Waals surface area contributed by atoms with E-state index in [-0.39, 0.29) is 20.4 Å². The van der Waals surface area contributed by atoms with Crippen LogP contribution >= 0.6 is 0 Å². The van der Waals surface area contributed by atoms with Crippen LogP contribution in [0.3, 0.4) is 0 Å². The van der Waals surface area contributed by atoms with E-state index in [4.69, 9.17) is 19.8 Å². The molecule has 0 spiro atoms. The van der Waals surface area contributed by atoms with Crippen LogP contribution in [0.25, 0.3) is 0 Å². The van der Waals surface area contributed by atoms with Crippen molar-refractivity contribution in [3.63, 3.8) is 0 Å². The molecule has 0 bridgehead atoms. The first-order chi connectivity index (χ1) is 3.46. The Morgan fingerprint density at radius 2 is 1.00 bits per heavy atom. The summed E-state index contributed by atoms with van der Waals surface area (Å²) in [7, 11) is 0. The Hall–Kier alpha value is -0.798. The molecule has 0 saturated carbocycles. The van der Waals surface area contributed by atoms with Crippen LogP contribution in [0.5, 0.6) is 0 Å². The Kier molecular flexibility index (Phi) is 17.9. The van der Waals surface area contributed by atoms with Crippen LogP contribution in [0, 0.1) is 0 Å². The zero-order valence-electron chi connectivity index (χ0n) is 4.10. The third-order valence-electron chi connectivity index (χ3n) is 0. The minimum Gasteiger partial charge on any atom is -0.530 e. The van der Waals surface area contributed by atoms with E-state index in [1.807, 2.05) is 0 Å². The summed E-state index contributed by atoms with van der Waals surface area (Å²) in [5.74, 6) is 0. The number of amides is 2. The minimum atomic E-state index is -1.58. The van der Waals surface area contributed by atoms with Gasteiger partial charge in [-0.15, -0.1) is 0 Å². The van der Waals surface area contributed by atoms with E-state index in [2.05, 4.69) is 11.5 Å². The molecule has 0 aromatic carbocycles. The van der Waals surface area contributed by atoms with Crippen molar-refractivity contribution in [1.82, 2.24) is 0 Å². The van der Waals surface area contributed by atoms with Crippen LogP contribution in [0.15, 0.2) is 0 Å². The van der Waals surface area contributed by atoms with Crippen molar-refractivity contribution in [2.75, 3.05) is 0 Å². The molecular formula is C2H4N2O4Pd. The van der Waals surface area contributed by atoms with E-state index in [0.29, 0.717) is 0 Å². The largest absolute Gasteiger partial charge is 2.00 e. The topological polar surface area (TPSA) is 132 Å². The summed E-state index contributed by atoms with van der Waals surface area (Å²) in [5, 5.41) is 17.3. The van der Waals surface area contributed by atoms with Crippen molar-refractivity contribution >= 4 is 12.2 Å². The first-order valence-corrected chi connectivity index (χ1v) is 1.39. The SMILES string of the molecule is NC(=O)[O-].NC(=O)[O-].[Pd+2]. The maximum Gasteiger partial charge on any atom is 2.00 e. The van der Waals surface area contributed by atoms with E-state index in [0.717, 1.165) is 0 Å². The summed E-state index contributed by atoms with van der Waals surface area (Å²) in [4.78, 5) is 17.3. The standard InChI is InChI=1S/2CH3NO2.Pd/c2*2-1(3)4;/h2*2H2,(H,3,4);/q;;+2/p-2. The predicted octanol–water partition coefficient (Wildman–Crippen LogP) is -3.43. The van der Waals surface area contributed by atoms with Crippen molar-refractivity contribution in [3.05, 3.63) is 0 Å². The molecule has 0 aliphatic heterocycles. The van der Waals surface area contributed by atoms with Gasteiger partial charge in [0.25, 0.3) is 0 Å². The van der Waals surface area contributed by atoms with Gasteiger partial charge in [0.1, 0.15) is 12.2 Å². The quantitative estimate of drug-likeness (QED) is 0.416.